The van der Waals surface area contributed by atoms with Crippen molar-refractivity contribution < 1.29 is 0 Å². The summed E-state index contributed by atoms with van der Waals surface area (Å²) in [6.07, 6.45) is 1.86. The van der Waals surface area contributed by atoms with Crippen LogP contribution >= 0.6 is 11.8 Å². The Morgan fingerprint density at radius 3 is 2.86 bits per heavy atom. The second-order valence-electron chi connectivity index (χ2n) is 6.05. The summed E-state index contributed by atoms with van der Waals surface area (Å²) in [4.78, 5) is 12.0. The van der Waals surface area contributed by atoms with Gasteiger partial charge in [0, 0.05) is 18.0 Å². The van der Waals surface area contributed by atoms with Crippen LogP contribution in [0.25, 0.3) is 0 Å². The molecule has 22 heavy (non-hydrogen) atoms. The molecular formula is C18H19N3S. The van der Waals surface area contributed by atoms with E-state index < -0.39 is 0 Å². The Morgan fingerprint density at radius 2 is 2.09 bits per heavy atom. The van der Waals surface area contributed by atoms with Crippen molar-refractivity contribution in [1.82, 2.24) is 9.88 Å². The molecule has 3 nitrogen and oxygen atoms in total. The molecule has 0 radical (unpaired) electrons. The Bertz CT molecular complexity index is 713. The lowest BCUT2D eigenvalue weighted by Crippen LogP contribution is -2.28. The zero-order chi connectivity index (χ0) is 15.1. The highest BCUT2D eigenvalue weighted by molar-refractivity contribution is 8.14. The van der Waals surface area contributed by atoms with Gasteiger partial charge in [-0.15, -0.1) is 0 Å². The second-order valence-corrected chi connectivity index (χ2v) is 7.46. The second kappa shape index (κ2) is 5.43. The number of rotatable bonds is 2. The van der Waals surface area contributed by atoms with Crippen molar-refractivity contribution in [3.05, 3.63) is 65.5 Å². The number of benzene rings is 1. The molecular weight excluding hydrogens is 290 g/mol. The summed E-state index contributed by atoms with van der Waals surface area (Å²) >= 11 is 1.89. The van der Waals surface area contributed by atoms with Crippen molar-refractivity contribution in [2.24, 2.45) is 4.99 Å². The average Bonchev–Trinajstić information content (AvgIpc) is 3.04. The molecule has 0 amide bonds. The number of amidine groups is 1. The normalized spacial score (nSPS) is 26.9. The number of pyridine rings is 1. The van der Waals surface area contributed by atoms with Crippen LogP contribution in [0.2, 0.25) is 0 Å². The molecule has 2 aromatic rings. The number of thioether (sulfide) groups is 1. The molecule has 0 unspecified atom stereocenters. The number of aliphatic imine (C=N–C) groups is 1. The molecule has 0 N–H and O–H groups in total. The van der Waals surface area contributed by atoms with E-state index in [4.69, 9.17) is 4.99 Å². The van der Waals surface area contributed by atoms with Crippen LogP contribution in [0.5, 0.6) is 0 Å². The topological polar surface area (TPSA) is 28.5 Å². The third-order valence-corrected chi connectivity index (χ3v) is 5.37. The standard InChI is InChI=1S/C18H19N3S/c1-12-6-5-7-14(10-12)17-16(15-8-3-4-9-19-15)20-18-21(17)11-13(2)22-18/h3-10,13,16-17H,11H2,1-2H3/t13-,16+,17-/m0/s1. The van der Waals surface area contributed by atoms with Gasteiger partial charge in [-0.3, -0.25) is 9.98 Å². The minimum Gasteiger partial charge on any atom is -0.341 e. The van der Waals surface area contributed by atoms with Gasteiger partial charge in [-0.25, -0.2) is 0 Å². The molecule has 3 heterocycles. The molecule has 2 aliphatic heterocycles. The molecule has 1 aromatic carbocycles. The number of fused-ring (bicyclic) bond motifs is 1. The Hall–Kier alpha value is -1.81. The van der Waals surface area contributed by atoms with E-state index >= 15 is 0 Å². The van der Waals surface area contributed by atoms with Gasteiger partial charge in [0.25, 0.3) is 0 Å². The largest absolute Gasteiger partial charge is 0.341 e. The maximum absolute atomic E-state index is 5.00. The minimum atomic E-state index is 0.0954. The third-order valence-electron chi connectivity index (χ3n) is 4.26. The molecule has 4 rings (SSSR count). The molecule has 1 saturated heterocycles. The van der Waals surface area contributed by atoms with Crippen LogP contribution in [-0.2, 0) is 0 Å². The Kier molecular flexibility index (Phi) is 3.41. The van der Waals surface area contributed by atoms with E-state index in [1.54, 1.807) is 0 Å². The summed E-state index contributed by atoms with van der Waals surface area (Å²) < 4.78 is 0. The molecule has 112 valence electrons. The highest BCUT2D eigenvalue weighted by Crippen LogP contribution is 2.47. The molecule has 0 aliphatic carbocycles. The molecule has 0 bridgehead atoms. The maximum Gasteiger partial charge on any atom is 0.160 e. The number of hydrogen-bond donors (Lipinski definition) is 0. The van der Waals surface area contributed by atoms with Gasteiger partial charge < -0.3 is 4.90 Å². The van der Waals surface area contributed by atoms with E-state index in [0.717, 1.165) is 12.2 Å². The van der Waals surface area contributed by atoms with E-state index in [9.17, 15) is 0 Å². The molecule has 2 aliphatic rings. The Morgan fingerprint density at radius 1 is 1.18 bits per heavy atom. The lowest BCUT2D eigenvalue weighted by molar-refractivity contribution is 0.321. The monoisotopic (exact) mass is 309 g/mol. The Balaban J connectivity index is 1.78. The highest BCUT2D eigenvalue weighted by Gasteiger charge is 2.43. The first-order valence-corrected chi connectivity index (χ1v) is 8.59. The first-order valence-electron chi connectivity index (χ1n) is 7.71. The van der Waals surface area contributed by atoms with Gasteiger partial charge in [-0.1, -0.05) is 54.6 Å². The van der Waals surface area contributed by atoms with Crippen molar-refractivity contribution in [3.63, 3.8) is 0 Å². The highest BCUT2D eigenvalue weighted by atomic mass is 32.2. The fourth-order valence-electron chi connectivity index (χ4n) is 3.33. The van der Waals surface area contributed by atoms with Crippen LogP contribution in [-0.4, -0.2) is 26.8 Å². The first kappa shape index (κ1) is 13.8. The van der Waals surface area contributed by atoms with Gasteiger partial charge in [0.1, 0.15) is 6.04 Å². The third kappa shape index (κ3) is 2.31. The Labute approximate surface area is 135 Å². The average molecular weight is 309 g/mol. The van der Waals surface area contributed by atoms with Crippen LogP contribution in [0, 0.1) is 6.92 Å². The smallest absolute Gasteiger partial charge is 0.160 e. The predicted octanol–water partition coefficient (Wildman–Crippen LogP) is 3.98. The fourth-order valence-corrected chi connectivity index (χ4v) is 4.43. The van der Waals surface area contributed by atoms with Gasteiger partial charge in [-0.05, 0) is 24.6 Å². The van der Waals surface area contributed by atoms with Crippen molar-refractivity contribution in [2.75, 3.05) is 6.54 Å². The van der Waals surface area contributed by atoms with E-state index in [2.05, 4.69) is 60.1 Å². The van der Waals surface area contributed by atoms with Crippen LogP contribution in [0.1, 0.15) is 35.8 Å². The minimum absolute atomic E-state index is 0.0954. The lowest BCUT2D eigenvalue weighted by Gasteiger charge is -2.27. The van der Waals surface area contributed by atoms with Gasteiger partial charge in [0.15, 0.2) is 5.17 Å². The lowest BCUT2D eigenvalue weighted by atomic mass is 9.95. The summed E-state index contributed by atoms with van der Waals surface area (Å²) in [6, 6.07) is 15.3. The van der Waals surface area contributed by atoms with Crippen LogP contribution < -0.4 is 0 Å². The van der Waals surface area contributed by atoms with Gasteiger partial charge in [-0.2, -0.15) is 0 Å². The number of nitrogens with zero attached hydrogens (tertiary/aromatic N) is 3. The summed E-state index contributed by atoms with van der Waals surface area (Å²) in [6.45, 7) is 5.48. The van der Waals surface area contributed by atoms with E-state index in [-0.39, 0.29) is 12.1 Å². The molecule has 4 heteroatoms. The zero-order valence-electron chi connectivity index (χ0n) is 12.8. The molecule has 1 aromatic heterocycles. The molecule has 3 atom stereocenters. The number of aryl methyl sites for hydroxylation is 1. The number of hydrogen-bond acceptors (Lipinski definition) is 4. The molecule has 0 saturated carbocycles. The number of aromatic nitrogens is 1. The van der Waals surface area contributed by atoms with Gasteiger partial charge >= 0.3 is 0 Å². The summed E-state index contributed by atoms with van der Waals surface area (Å²) in [7, 11) is 0. The van der Waals surface area contributed by atoms with Crippen molar-refractivity contribution in [1.29, 1.82) is 0 Å². The summed E-state index contributed by atoms with van der Waals surface area (Å²) in [5.74, 6) is 0. The first-order chi connectivity index (χ1) is 10.7. The zero-order valence-corrected chi connectivity index (χ0v) is 13.6. The fraction of sp³-hybridized carbons (Fsp3) is 0.333. The van der Waals surface area contributed by atoms with E-state index in [1.165, 1.54) is 16.3 Å². The van der Waals surface area contributed by atoms with Crippen molar-refractivity contribution in [3.8, 4) is 0 Å². The summed E-state index contributed by atoms with van der Waals surface area (Å²) in [5, 5.41) is 1.78. The van der Waals surface area contributed by atoms with Crippen molar-refractivity contribution >= 4 is 16.9 Å². The maximum atomic E-state index is 5.00. The van der Waals surface area contributed by atoms with E-state index in [0.29, 0.717) is 5.25 Å². The van der Waals surface area contributed by atoms with Crippen LogP contribution in [0.15, 0.2) is 53.7 Å². The van der Waals surface area contributed by atoms with Crippen LogP contribution in [0.3, 0.4) is 0 Å². The van der Waals surface area contributed by atoms with Gasteiger partial charge in [0.05, 0.1) is 11.7 Å². The summed E-state index contributed by atoms with van der Waals surface area (Å²) in [5.41, 5.74) is 3.69. The molecule has 1 fully saturated rings. The van der Waals surface area contributed by atoms with Crippen LogP contribution in [0.4, 0.5) is 0 Å². The van der Waals surface area contributed by atoms with E-state index in [1.807, 2.05) is 24.0 Å². The predicted molar refractivity (Wildman–Crippen MR) is 92.1 cm³/mol. The SMILES string of the molecule is Cc1cccc([C@H]2[C@@H](c3ccccn3)N=C3S[C@@H](C)CN32)c1. The molecule has 0 spiro atoms. The van der Waals surface area contributed by atoms with Crippen molar-refractivity contribution in [2.45, 2.75) is 31.2 Å². The quantitative estimate of drug-likeness (QED) is 0.840. The van der Waals surface area contributed by atoms with Gasteiger partial charge in [0.2, 0.25) is 0 Å².